The molecule has 13 nitrogen and oxygen atoms in total. The second-order valence-electron chi connectivity index (χ2n) is 12.7. The Labute approximate surface area is 311 Å². The summed E-state index contributed by atoms with van der Waals surface area (Å²) in [6, 6.07) is 11.5. The van der Waals surface area contributed by atoms with Crippen molar-refractivity contribution in [1.29, 1.82) is 0 Å². The number of fused-ring (bicyclic) bond motifs is 6. The first kappa shape index (κ1) is 34.4. The third-order valence-corrected chi connectivity index (χ3v) is 10.6. The predicted molar refractivity (Wildman–Crippen MR) is 200 cm³/mol. The molecule has 2 atom stereocenters. The maximum Gasteiger partial charge on any atom is 0.229 e. The van der Waals surface area contributed by atoms with E-state index in [0.717, 1.165) is 66.4 Å². The molecule has 0 amide bonds. The minimum Gasteiger partial charge on any atom is -0.497 e. The maximum absolute atomic E-state index is 14.7. The van der Waals surface area contributed by atoms with Crippen LogP contribution in [-0.2, 0) is 32.2 Å². The Bertz CT molecular complexity index is 2370. The van der Waals surface area contributed by atoms with E-state index < -0.39 is 12.3 Å². The van der Waals surface area contributed by atoms with E-state index in [9.17, 15) is 8.78 Å². The van der Waals surface area contributed by atoms with Crippen LogP contribution in [0.5, 0.6) is 5.75 Å². The highest BCUT2D eigenvalue weighted by Crippen LogP contribution is 2.39. The molecule has 1 aromatic carbocycles. The molecule has 0 aliphatic heterocycles. The van der Waals surface area contributed by atoms with E-state index in [0.29, 0.717) is 48.0 Å². The lowest BCUT2D eigenvalue weighted by atomic mass is 10.1. The first-order valence-electron chi connectivity index (χ1n) is 16.9. The molecule has 0 bridgehead atoms. The highest BCUT2D eigenvalue weighted by molar-refractivity contribution is 7.16. The molecule has 2 aliphatic carbocycles. The number of H-pyrrole nitrogens is 1. The number of ether oxygens (including phenoxy) is 1. The van der Waals surface area contributed by atoms with Gasteiger partial charge in [0.25, 0.3) is 0 Å². The lowest BCUT2D eigenvalue weighted by Gasteiger charge is -2.05. The van der Waals surface area contributed by atoms with Gasteiger partial charge < -0.3 is 15.4 Å². The Hall–Kier alpha value is -5.68. The first-order valence-corrected chi connectivity index (χ1v) is 18.5. The lowest BCUT2D eigenvalue weighted by Crippen LogP contribution is -2.08. The molecule has 2 aliphatic rings. The van der Waals surface area contributed by atoms with Gasteiger partial charge in [0.15, 0.2) is 10.3 Å². The molecule has 0 radical (unpaired) electrons. The highest BCUT2D eigenvalue weighted by atomic mass is 32.1. The van der Waals surface area contributed by atoms with Gasteiger partial charge in [0.2, 0.25) is 11.9 Å². The number of benzene rings is 1. The molecule has 270 valence electrons. The van der Waals surface area contributed by atoms with Crippen molar-refractivity contribution >= 4 is 44.8 Å². The summed E-state index contributed by atoms with van der Waals surface area (Å²) in [5, 5.41) is 19.1. The van der Waals surface area contributed by atoms with Crippen LogP contribution in [0.3, 0.4) is 0 Å². The number of hydrogen-bond donors (Lipinski definition) is 3. The van der Waals surface area contributed by atoms with E-state index in [1.54, 1.807) is 25.7 Å². The van der Waals surface area contributed by atoms with Gasteiger partial charge in [-0.15, -0.1) is 22.7 Å². The fraction of sp³-hybridized carbons (Fsp3) is 0.278. The summed E-state index contributed by atoms with van der Waals surface area (Å²) in [4.78, 5) is 28.2. The molecular weight excluding hydrogens is 719 g/mol. The number of rotatable bonds is 7. The van der Waals surface area contributed by atoms with Gasteiger partial charge in [0, 0.05) is 82.2 Å². The summed E-state index contributed by atoms with van der Waals surface area (Å²) in [7, 11) is 1.65. The fourth-order valence-electron chi connectivity index (χ4n) is 6.18. The number of aromatic nitrogens is 10. The van der Waals surface area contributed by atoms with Gasteiger partial charge in [0.1, 0.15) is 18.1 Å². The molecule has 0 spiro atoms. The van der Waals surface area contributed by atoms with Crippen LogP contribution in [0.15, 0.2) is 61.2 Å². The zero-order valence-corrected chi connectivity index (χ0v) is 30.6. The highest BCUT2D eigenvalue weighted by Gasteiger charge is 2.28. The summed E-state index contributed by atoms with van der Waals surface area (Å²) in [5.41, 5.74) is 7.72. The SMILES string of the molecule is COc1ccc(Cn2cc3c(n2)CC(F)Cc2sc(Nc4nccc(C)n4)nc2-3)cc1.Cc1ccnc(Nc2nc3c(s2)CC(F)Cc2[nH]ncc2-3)n1. The zero-order chi connectivity index (χ0) is 36.5. The fourth-order valence-corrected chi connectivity index (χ4v) is 8.24. The third-order valence-electron chi connectivity index (χ3n) is 8.65. The Kier molecular flexibility index (Phi) is 9.57. The molecular formula is C36H34F2N12OS2. The topological polar surface area (TPSA) is 157 Å². The number of halogens is 2. The number of hydrogen-bond acceptors (Lipinski definition) is 13. The van der Waals surface area contributed by atoms with Crippen molar-refractivity contribution < 1.29 is 13.5 Å². The molecule has 6 aromatic heterocycles. The number of alkyl halides is 2. The lowest BCUT2D eigenvalue weighted by molar-refractivity contribution is 0.330. The van der Waals surface area contributed by atoms with Gasteiger partial charge in [0.05, 0.1) is 36.9 Å². The average Bonchev–Trinajstić information content (AvgIpc) is 3.90. The zero-order valence-electron chi connectivity index (χ0n) is 29.0. The van der Waals surface area contributed by atoms with Crippen molar-refractivity contribution in [1.82, 2.24) is 49.9 Å². The molecule has 53 heavy (non-hydrogen) atoms. The van der Waals surface area contributed by atoms with Crippen molar-refractivity contribution in [2.24, 2.45) is 0 Å². The Morgan fingerprint density at radius 2 is 1.40 bits per heavy atom. The standard InChI is InChI=1S/C22H21FN6OS.C14H13FN6S/c1-13-7-8-24-21(25-13)27-22-26-20-17-12-29(11-14-3-5-16(30-2)6-4-14)28-18(17)9-15(23)10-19(20)31-22;1-7-2-3-16-13(18-7)20-14-19-12-9-6-17-21-10(9)4-8(15)5-11(12)22-14/h3-8,12,15H,9-11H2,1-2H3,(H,24,25,26,27);2-3,6,8H,4-5H2,1H3,(H,17,21)(H,16,18,19,20). The van der Waals surface area contributed by atoms with Crippen molar-refractivity contribution in [2.75, 3.05) is 17.7 Å². The van der Waals surface area contributed by atoms with Gasteiger partial charge in [-0.25, -0.2) is 38.7 Å². The molecule has 6 heterocycles. The van der Waals surface area contributed by atoms with Crippen LogP contribution in [0.2, 0.25) is 0 Å². The van der Waals surface area contributed by atoms with Crippen molar-refractivity contribution in [3.05, 3.63) is 99.3 Å². The van der Waals surface area contributed by atoms with Crippen molar-refractivity contribution in [3.8, 4) is 28.3 Å². The number of aromatic amines is 1. The predicted octanol–water partition coefficient (Wildman–Crippen LogP) is 7.15. The van der Waals surface area contributed by atoms with Gasteiger partial charge >= 0.3 is 0 Å². The molecule has 0 saturated heterocycles. The van der Waals surface area contributed by atoms with Crippen LogP contribution in [0.1, 0.15) is 38.1 Å². The molecule has 17 heteroatoms. The number of nitrogens with one attached hydrogen (secondary N) is 3. The molecule has 0 fully saturated rings. The van der Waals surface area contributed by atoms with Crippen LogP contribution in [0.25, 0.3) is 22.5 Å². The van der Waals surface area contributed by atoms with Crippen LogP contribution in [0, 0.1) is 13.8 Å². The Balaban J connectivity index is 0.000000160. The summed E-state index contributed by atoms with van der Waals surface area (Å²) < 4.78 is 35.8. The smallest absolute Gasteiger partial charge is 0.229 e. The quantitative estimate of drug-likeness (QED) is 0.152. The summed E-state index contributed by atoms with van der Waals surface area (Å²) in [6.45, 7) is 4.39. The van der Waals surface area contributed by atoms with Gasteiger partial charge in [-0.1, -0.05) is 12.1 Å². The first-order chi connectivity index (χ1) is 25.8. The van der Waals surface area contributed by atoms with E-state index in [4.69, 9.17) is 9.72 Å². The number of nitrogens with zero attached hydrogens (tertiary/aromatic N) is 9. The molecule has 3 N–H and O–H groups in total. The minimum absolute atomic E-state index is 0.289. The molecule has 9 rings (SSSR count). The monoisotopic (exact) mass is 752 g/mol. The summed E-state index contributed by atoms with van der Waals surface area (Å²) in [5.74, 6) is 1.79. The number of aryl methyl sites for hydroxylation is 2. The third kappa shape index (κ3) is 7.75. The van der Waals surface area contributed by atoms with E-state index >= 15 is 0 Å². The maximum atomic E-state index is 14.7. The van der Waals surface area contributed by atoms with Crippen molar-refractivity contribution in [3.63, 3.8) is 0 Å². The van der Waals surface area contributed by atoms with Crippen molar-refractivity contribution in [2.45, 2.75) is 58.4 Å². The Morgan fingerprint density at radius 3 is 2.00 bits per heavy atom. The van der Waals surface area contributed by atoms with E-state index in [1.165, 1.54) is 22.7 Å². The second-order valence-corrected chi connectivity index (χ2v) is 14.9. The number of thiazole rings is 2. The largest absolute Gasteiger partial charge is 0.497 e. The van der Waals surface area contributed by atoms with E-state index in [2.05, 4.69) is 50.8 Å². The van der Waals surface area contributed by atoms with E-state index in [-0.39, 0.29) is 6.42 Å². The summed E-state index contributed by atoms with van der Waals surface area (Å²) >= 11 is 2.88. The van der Waals surface area contributed by atoms with Crippen LogP contribution >= 0.6 is 22.7 Å². The Morgan fingerprint density at radius 1 is 0.792 bits per heavy atom. The van der Waals surface area contributed by atoms with E-state index in [1.807, 2.05) is 61.1 Å². The van der Waals surface area contributed by atoms with Gasteiger partial charge in [-0.2, -0.15) is 10.2 Å². The number of anilines is 4. The molecule has 2 unspecified atom stereocenters. The molecule has 7 aromatic rings. The summed E-state index contributed by atoms with van der Waals surface area (Å²) in [6.07, 6.45) is 6.47. The normalized spacial score (nSPS) is 15.8. The number of methoxy groups -OCH3 is 1. The van der Waals surface area contributed by atoms with Crippen LogP contribution in [-0.4, -0.2) is 69.3 Å². The van der Waals surface area contributed by atoms with Gasteiger partial charge in [-0.3, -0.25) is 9.78 Å². The molecule has 0 saturated carbocycles. The second kappa shape index (κ2) is 14.7. The van der Waals surface area contributed by atoms with Crippen LogP contribution in [0.4, 0.5) is 30.9 Å². The average molecular weight is 753 g/mol. The minimum atomic E-state index is -0.993. The van der Waals surface area contributed by atoms with Crippen LogP contribution < -0.4 is 15.4 Å². The van der Waals surface area contributed by atoms with Gasteiger partial charge in [-0.05, 0) is 43.7 Å².